The van der Waals surface area contributed by atoms with Crippen molar-refractivity contribution in [2.75, 3.05) is 5.32 Å². The van der Waals surface area contributed by atoms with E-state index in [-0.39, 0.29) is 0 Å². The third kappa shape index (κ3) is 2.57. The lowest BCUT2D eigenvalue weighted by Gasteiger charge is -2.30. The van der Waals surface area contributed by atoms with Crippen LogP contribution in [0.3, 0.4) is 0 Å². The summed E-state index contributed by atoms with van der Waals surface area (Å²) in [4.78, 5) is 4.35. The van der Waals surface area contributed by atoms with Gasteiger partial charge in [0.1, 0.15) is 0 Å². The van der Waals surface area contributed by atoms with Crippen molar-refractivity contribution in [2.24, 2.45) is 13.0 Å². The molecule has 1 aromatic rings. The summed E-state index contributed by atoms with van der Waals surface area (Å²) < 4.78 is 2.06. The second-order valence-electron chi connectivity index (χ2n) is 4.92. The highest BCUT2D eigenvalue weighted by molar-refractivity contribution is 5.27. The van der Waals surface area contributed by atoms with E-state index < -0.39 is 0 Å². The van der Waals surface area contributed by atoms with Crippen LogP contribution in [0.25, 0.3) is 0 Å². The Balaban J connectivity index is 1.97. The number of hydrogen-bond acceptors (Lipinski definition) is 2. The van der Waals surface area contributed by atoms with E-state index in [0.717, 1.165) is 11.9 Å². The highest BCUT2D eigenvalue weighted by Gasteiger charge is 2.22. The van der Waals surface area contributed by atoms with Crippen LogP contribution in [-0.4, -0.2) is 15.6 Å². The lowest BCUT2D eigenvalue weighted by molar-refractivity contribution is 0.312. The molecule has 1 unspecified atom stereocenters. The quantitative estimate of drug-likeness (QED) is 0.846. The maximum absolute atomic E-state index is 4.35. The van der Waals surface area contributed by atoms with Crippen molar-refractivity contribution in [1.29, 1.82) is 0 Å². The lowest BCUT2D eigenvalue weighted by atomic mass is 9.83. The summed E-state index contributed by atoms with van der Waals surface area (Å²) in [6, 6.07) is 0.599. The maximum Gasteiger partial charge on any atom is 0.202 e. The van der Waals surface area contributed by atoms with Crippen LogP contribution in [0.1, 0.15) is 45.4 Å². The summed E-state index contributed by atoms with van der Waals surface area (Å²) in [6.45, 7) is 2.27. The van der Waals surface area contributed by atoms with Gasteiger partial charge in [0.2, 0.25) is 5.95 Å². The van der Waals surface area contributed by atoms with Gasteiger partial charge in [0, 0.05) is 25.5 Å². The van der Waals surface area contributed by atoms with Gasteiger partial charge in [0.25, 0.3) is 0 Å². The molecule has 0 aromatic carbocycles. The van der Waals surface area contributed by atoms with Crippen LogP contribution in [0.15, 0.2) is 12.4 Å². The van der Waals surface area contributed by atoms with Crippen molar-refractivity contribution in [1.82, 2.24) is 9.55 Å². The Morgan fingerprint density at radius 2 is 2.19 bits per heavy atom. The fourth-order valence-corrected chi connectivity index (χ4v) is 2.76. The second-order valence-corrected chi connectivity index (χ2v) is 4.92. The van der Waals surface area contributed by atoms with Crippen LogP contribution < -0.4 is 5.32 Å². The van der Waals surface area contributed by atoms with Gasteiger partial charge >= 0.3 is 0 Å². The molecule has 0 spiro atoms. The van der Waals surface area contributed by atoms with E-state index in [9.17, 15) is 0 Å². The average molecular weight is 221 g/mol. The molecule has 90 valence electrons. The first-order valence-corrected chi connectivity index (χ1v) is 6.55. The summed E-state index contributed by atoms with van der Waals surface area (Å²) in [5.41, 5.74) is 0. The molecule has 1 atom stereocenters. The van der Waals surface area contributed by atoms with Gasteiger partial charge in [-0.1, -0.05) is 26.2 Å². The van der Waals surface area contributed by atoms with E-state index in [2.05, 4.69) is 21.8 Å². The van der Waals surface area contributed by atoms with Crippen molar-refractivity contribution < 1.29 is 0 Å². The smallest absolute Gasteiger partial charge is 0.202 e. The SMILES string of the molecule is CCC(Nc1nccn1C)C1CCCCC1. The molecule has 1 saturated carbocycles. The van der Waals surface area contributed by atoms with Gasteiger partial charge in [-0.2, -0.15) is 0 Å². The first-order valence-electron chi connectivity index (χ1n) is 6.55. The van der Waals surface area contributed by atoms with Crippen LogP contribution in [-0.2, 0) is 7.05 Å². The van der Waals surface area contributed by atoms with E-state index in [4.69, 9.17) is 0 Å². The molecule has 1 fully saturated rings. The van der Waals surface area contributed by atoms with Crippen LogP contribution in [0.4, 0.5) is 5.95 Å². The largest absolute Gasteiger partial charge is 0.353 e. The second kappa shape index (κ2) is 5.37. The molecule has 16 heavy (non-hydrogen) atoms. The van der Waals surface area contributed by atoms with Crippen molar-refractivity contribution in [2.45, 2.75) is 51.5 Å². The molecule has 0 aliphatic heterocycles. The third-order valence-electron chi connectivity index (χ3n) is 3.79. The van der Waals surface area contributed by atoms with Gasteiger partial charge < -0.3 is 9.88 Å². The van der Waals surface area contributed by atoms with Gasteiger partial charge in [-0.05, 0) is 25.2 Å². The number of anilines is 1. The molecule has 1 aliphatic carbocycles. The number of hydrogen-bond donors (Lipinski definition) is 1. The van der Waals surface area contributed by atoms with Crippen molar-refractivity contribution in [3.63, 3.8) is 0 Å². The minimum atomic E-state index is 0.599. The molecule has 0 bridgehead atoms. The predicted molar refractivity (Wildman–Crippen MR) is 67.5 cm³/mol. The Labute approximate surface area is 98.3 Å². The van der Waals surface area contributed by atoms with E-state index in [1.54, 1.807) is 0 Å². The first kappa shape index (κ1) is 11.5. The summed E-state index contributed by atoms with van der Waals surface area (Å²) in [7, 11) is 2.04. The van der Waals surface area contributed by atoms with Gasteiger partial charge in [-0.15, -0.1) is 0 Å². The fraction of sp³-hybridized carbons (Fsp3) is 0.769. The highest BCUT2D eigenvalue weighted by Crippen LogP contribution is 2.29. The maximum atomic E-state index is 4.35. The zero-order valence-corrected chi connectivity index (χ0v) is 10.4. The summed E-state index contributed by atoms with van der Waals surface area (Å²) in [6.07, 6.45) is 12.1. The summed E-state index contributed by atoms with van der Waals surface area (Å²) in [5.74, 6) is 1.85. The third-order valence-corrected chi connectivity index (χ3v) is 3.79. The number of imidazole rings is 1. The monoisotopic (exact) mass is 221 g/mol. The minimum absolute atomic E-state index is 0.599. The lowest BCUT2D eigenvalue weighted by Crippen LogP contribution is -2.31. The van der Waals surface area contributed by atoms with E-state index in [1.165, 1.54) is 38.5 Å². The normalized spacial score (nSPS) is 19.6. The predicted octanol–water partition coefficient (Wildman–Crippen LogP) is 3.19. The fourth-order valence-electron chi connectivity index (χ4n) is 2.76. The van der Waals surface area contributed by atoms with Gasteiger partial charge in [-0.25, -0.2) is 4.98 Å². The van der Waals surface area contributed by atoms with E-state index >= 15 is 0 Å². The minimum Gasteiger partial charge on any atom is -0.353 e. The first-order chi connectivity index (χ1) is 7.81. The van der Waals surface area contributed by atoms with E-state index in [0.29, 0.717) is 6.04 Å². The molecule has 0 amide bonds. The van der Waals surface area contributed by atoms with Crippen LogP contribution in [0.2, 0.25) is 0 Å². The molecular formula is C13H23N3. The summed E-state index contributed by atoms with van der Waals surface area (Å²) >= 11 is 0. The Morgan fingerprint density at radius 1 is 1.44 bits per heavy atom. The Kier molecular flexibility index (Phi) is 3.86. The Hall–Kier alpha value is -0.990. The van der Waals surface area contributed by atoms with Crippen LogP contribution in [0.5, 0.6) is 0 Å². The summed E-state index contributed by atoms with van der Waals surface area (Å²) in [5, 5.41) is 3.60. The van der Waals surface area contributed by atoms with Gasteiger partial charge in [0.05, 0.1) is 0 Å². The van der Waals surface area contributed by atoms with Crippen molar-refractivity contribution in [3.05, 3.63) is 12.4 Å². The molecule has 0 radical (unpaired) electrons. The zero-order chi connectivity index (χ0) is 11.4. The molecule has 0 saturated heterocycles. The molecule has 1 heterocycles. The molecule has 1 aromatic heterocycles. The zero-order valence-electron chi connectivity index (χ0n) is 10.4. The number of aryl methyl sites for hydroxylation is 1. The Morgan fingerprint density at radius 3 is 2.75 bits per heavy atom. The van der Waals surface area contributed by atoms with Crippen LogP contribution >= 0.6 is 0 Å². The highest BCUT2D eigenvalue weighted by atomic mass is 15.2. The number of nitrogens with zero attached hydrogens (tertiary/aromatic N) is 2. The molecule has 3 nitrogen and oxygen atoms in total. The standard InChI is InChI=1S/C13H23N3/c1-3-12(11-7-5-4-6-8-11)15-13-14-9-10-16(13)2/h9-12H,3-8H2,1-2H3,(H,14,15). The molecule has 2 rings (SSSR count). The topological polar surface area (TPSA) is 29.9 Å². The number of rotatable bonds is 4. The Bertz CT molecular complexity index is 313. The van der Waals surface area contributed by atoms with Gasteiger partial charge in [0.15, 0.2) is 0 Å². The number of nitrogens with one attached hydrogen (secondary N) is 1. The number of aromatic nitrogens is 2. The average Bonchev–Trinajstić information content (AvgIpc) is 2.73. The van der Waals surface area contributed by atoms with Crippen molar-refractivity contribution in [3.8, 4) is 0 Å². The van der Waals surface area contributed by atoms with Crippen LogP contribution in [0, 0.1) is 5.92 Å². The van der Waals surface area contributed by atoms with Gasteiger partial charge in [-0.3, -0.25) is 0 Å². The molecule has 1 N–H and O–H groups in total. The van der Waals surface area contributed by atoms with Crippen molar-refractivity contribution >= 4 is 5.95 Å². The molecule has 1 aliphatic rings. The van der Waals surface area contributed by atoms with E-state index in [1.807, 2.05) is 19.4 Å². The molecular weight excluding hydrogens is 198 g/mol. The molecule has 3 heteroatoms.